The summed E-state index contributed by atoms with van der Waals surface area (Å²) in [6.07, 6.45) is 2.36. The highest BCUT2D eigenvalue weighted by atomic mass is 35.5. The number of nitrogens with one attached hydrogen (secondary N) is 2. The van der Waals surface area contributed by atoms with E-state index in [9.17, 15) is 9.90 Å². The Morgan fingerprint density at radius 2 is 2.12 bits per heavy atom. The summed E-state index contributed by atoms with van der Waals surface area (Å²) in [7, 11) is 0. The Kier molecular flexibility index (Phi) is 6.81. The van der Waals surface area contributed by atoms with Crippen LogP contribution in [0.25, 0.3) is 0 Å². The lowest BCUT2D eigenvalue weighted by Gasteiger charge is -2.18. The number of carbonyl (C=O) groups excluding carboxylic acids is 1. The van der Waals surface area contributed by atoms with E-state index in [0.29, 0.717) is 22.3 Å². The van der Waals surface area contributed by atoms with Crippen LogP contribution in [0, 0.1) is 0 Å². The van der Waals surface area contributed by atoms with Crippen molar-refractivity contribution in [3.8, 4) is 0 Å². The predicted octanol–water partition coefficient (Wildman–Crippen LogP) is 4.60. The minimum atomic E-state index is -0.669. The number of halogens is 1. The van der Waals surface area contributed by atoms with Gasteiger partial charge in [-0.2, -0.15) is 0 Å². The fourth-order valence-corrected chi connectivity index (χ4v) is 3.21. The van der Waals surface area contributed by atoms with Crippen LogP contribution in [0.1, 0.15) is 50.5 Å². The average Bonchev–Trinajstić information content (AvgIpc) is 2.97. The van der Waals surface area contributed by atoms with Gasteiger partial charge in [0.15, 0.2) is 5.13 Å². The molecule has 25 heavy (non-hydrogen) atoms. The third kappa shape index (κ3) is 6.65. The number of anilines is 2. The van der Waals surface area contributed by atoms with Crippen LogP contribution < -0.4 is 10.6 Å². The van der Waals surface area contributed by atoms with E-state index < -0.39 is 5.60 Å². The molecule has 1 aromatic heterocycles. The first-order valence-corrected chi connectivity index (χ1v) is 9.51. The zero-order valence-electron chi connectivity index (χ0n) is 14.7. The third-order valence-corrected chi connectivity index (χ3v) is 4.74. The number of benzene rings is 1. The van der Waals surface area contributed by atoms with Gasteiger partial charge in [0.25, 0.3) is 5.91 Å². The summed E-state index contributed by atoms with van der Waals surface area (Å²) in [5.74, 6) is -0.195. The molecule has 0 radical (unpaired) electrons. The van der Waals surface area contributed by atoms with Gasteiger partial charge in [-0.1, -0.05) is 23.7 Å². The number of rotatable bonds is 8. The standard InChI is InChI=1S/C18H24ClN3O2S/c1-12(7-6-10-18(2,3)24)20-16(23)15-11-25-17(22-15)21-14-9-5-4-8-13(14)19/h4-5,8-9,11-12,24H,6-7,10H2,1-3H3,(H,20,23)(H,21,22)/t12-/m0/s1. The molecule has 0 aliphatic rings. The number of thiazole rings is 1. The summed E-state index contributed by atoms with van der Waals surface area (Å²) in [4.78, 5) is 16.6. The summed E-state index contributed by atoms with van der Waals surface area (Å²) in [6.45, 7) is 5.54. The van der Waals surface area contributed by atoms with E-state index >= 15 is 0 Å². The Morgan fingerprint density at radius 1 is 1.40 bits per heavy atom. The maximum absolute atomic E-state index is 12.3. The number of aliphatic hydroxyl groups is 1. The van der Waals surface area contributed by atoms with Crippen molar-refractivity contribution in [1.82, 2.24) is 10.3 Å². The molecule has 0 saturated heterocycles. The first-order valence-electron chi connectivity index (χ1n) is 8.25. The minimum Gasteiger partial charge on any atom is -0.390 e. The number of amides is 1. The van der Waals surface area contributed by atoms with Crippen molar-refractivity contribution in [2.75, 3.05) is 5.32 Å². The second-order valence-electron chi connectivity index (χ2n) is 6.72. The Bertz CT molecular complexity index is 712. The van der Waals surface area contributed by atoms with Crippen molar-refractivity contribution in [3.05, 3.63) is 40.4 Å². The van der Waals surface area contributed by atoms with Crippen LogP contribution in [-0.2, 0) is 0 Å². The normalized spacial score (nSPS) is 12.7. The highest BCUT2D eigenvalue weighted by Crippen LogP contribution is 2.26. The van der Waals surface area contributed by atoms with Gasteiger partial charge < -0.3 is 15.7 Å². The van der Waals surface area contributed by atoms with Crippen LogP contribution in [0.4, 0.5) is 10.8 Å². The van der Waals surface area contributed by atoms with Crippen molar-refractivity contribution in [2.45, 2.75) is 51.7 Å². The SMILES string of the molecule is C[C@@H](CCCC(C)(C)O)NC(=O)c1csc(Nc2ccccc2Cl)n1. The highest BCUT2D eigenvalue weighted by molar-refractivity contribution is 7.14. The second kappa shape index (κ2) is 8.65. The van der Waals surface area contributed by atoms with Crippen LogP contribution in [0.2, 0.25) is 5.02 Å². The molecule has 0 bridgehead atoms. The first-order chi connectivity index (χ1) is 11.7. The molecule has 1 atom stereocenters. The van der Waals surface area contributed by atoms with Gasteiger partial charge in [0.05, 0.1) is 16.3 Å². The number of hydrogen-bond donors (Lipinski definition) is 3. The van der Waals surface area contributed by atoms with Gasteiger partial charge in [0.2, 0.25) is 0 Å². The van der Waals surface area contributed by atoms with Gasteiger partial charge >= 0.3 is 0 Å². The zero-order chi connectivity index (χ0) is 18.4. The van der Waals surface area contributed by atoms with Crippen LogP contribution in [0.15, 0.2) is 29.6 Å². The topological polar surface area (TPSA) is 74.2 Å². The van der Waals surface area contributed by atoms with Crippen molar-refractivity contribution >= 4 is 39.7 Å². The molecule has 136 valence electrons. The largest absolute Gasteiger partial charge is 0.390 e. The summed E-state index contributed by atoms with van der Waals surface area (Å²) < 4.78 is 0. The lowest BCUT2D eigenvalue weighted by atomic mass is 10.00. The number of carbonyl (C=O) groups is 1. The molecule has 2 aromatic rings. The molecule has 1 amide bonds. The van der Waals surface area contributed by atoms with Crippen molar-refractivity contribution in [2.24, 2.45) is 0 Å². The quantitative estimate of drug-likeness (QED) is 0.624. The van der Waals surface area contributed by atoms with Crippen molar-refractivity contribution < 1.29 is 9.90 Å². The zero-order valence-corrected chi connectivity index (χ0v) is 16.2. The summed E-state index contributed by atoms with van der Waals surface area (Å²) in [5, 5.41) is 18.7. The maximum atomic E-state index is 12.3. The lowest BCUT2D eigenvalue weighted by molar-refractivity contribution is 0.0674. The number of hydrogen-bond acceptors (Lipinski definition) is 5. The molecule has 3 N–H and O–H groups in total. The molecular formula is C18H24ClN3O2S. The van der Waals surface area contributed by atoms with Crippen LogP contribution in [0.5, 0.6) is 0 Å². The van der Waals surface area contributed by atoms with Gasteiger partial charge in [0.1, 0.15) is 5.69 Å². The maximum Gasteiger partial charge on any atom is 0.271 e. The molecule has 1 aromatic carbocycles. The summed E-state index contributed by atoms with van der Waals surface area (Å²) in [5.41, 5.74) is 0.470. The van der Waals surface area contributed by atoms with Crippen LogP contribution in [-0.4, -0.2) is 27.6 Å². The van der Waals surface area contributed by atoms with E-state index in [4.69, 9.17) is 11.6 Å². The molecule has 7 heteroatoms. The van der Waals surface area contributed by atoms with Gasteiger partial charge in [-0.05, 0) is 52.2 Å². The summed E-state index contributed by atoms with van der Waals surface area (Å²) in [6, 6.07) is 7.41. The molecule has 2 rings (SSSR count). The van der Waals surface area contributed by atoms with E-state index in [1.807, 2.05) is 25.1 Å². The van der Waals surface area contributed by atoms with Crippen molar-refractivity contribution in [3.63, 3.8) is 0 Å². The summed E-state index contributed by atoms with van der Waals surface area (Å²) >= 11 is 7.47. The monoisotopic (exact) mass is 381 g/mol. The molecule has 1 heterocycles. The van der Waals surface area contributed by atoms with E-state index in [0.717, 1.165) is 18.5 Å². The Morgan fingerprint density at radius 3 is 2.80 bits per heavy atom. The predicted molar refractivity (Wildman–Crippen MR) is 104 cm³/mol. The molecule has 0 unspecified atom stereocenters. The molecule has 0 fully saturated rings. The van der Waals surface area contributed by atoms with E-state index in [-0.39, 0.29) is 11.9 Å². The van der Waals surface area contributed by atoms with Gasteiger partial charge in [-0.15, -0.1) is 11.3 Å². The van der Waals surface area contributed by atoms with Crippen LogP contribution in [0.3, 0.4) is 0 Å². The number of para-hydroxylation sites is 1. The average molecular weight is 382 g/mol. The minimum absolute atomic E-state index is 0.0246. The Hall–Kier alpha value is -1.63. The third-order valence-electron chi connectivity index (χ3n) is 3.66. The molecule has 0 saturated carbocycles. The van der Waals surface area contributed by atoms with E-state index in [2.05, 4.69) is 15.6 Å². The fraction of sp³-hybridized carbons (Fsp3) is 0.444. The van der Waals surface area contributed by atoms with Crippen molar-refractivity contribution in [1.29, 1.82) is 0 Å². The Balaban J connectivity index is 1.86. The highest BCUT2D eigenvalue weighted by Gasteiger charge is 2.16. The van der Waals surface area contributed by atoms with Gasteiger partial charge in [-0.3, -0.25) is 4.79 Å². The van der Waals surface area contributed by atoms with E-state index in [1.54, 1.807) is 25.3 Å². The van der Waals surface area contributed by atoms with Gasteiger partial charge in [0, 0.05) is 11.4 Å². The number of nitrogens with zero attached hydrogens (tertiary/aromatic N) is 1. The lowest BCUT2D eigenvalue weighted by Crippen LogP contribution is -2.33. The molecular weight excluding hydrogens is 358 g/mol. The Labute approximate surface area is 157 Å². The first kappa shape index (κ1) is 19.7. The molecule has 0 aliphatic heterocycles. The van der Waals surface area contributed by atoms with Crippen LogP contribution >= 0.6 is 22.9 Å². The van der Waals surface area contributed by atoms with Gasteiger partial charge in [-0.25, -0.2) is 4.98 Å². The van der Waals surface area contributed by atoms with E-state index in [1.165, 1.54) is 11.3 Å². The molecule has 5 nitrogen and oxygen atoms in total. The number of aromatic nitrogens is 1. The molecule has 0 spiro atoms. The molecule has 0 aliphatic carbocycles. The smallest absolute Gasteiger partial charge is 0.271 e. The second-order valence-corrected chi connectivity index (χ2v) is 7.99. The fourth-order valence-electron chi connectivity index (χ4n) is 2.32.